The predicted octanol–water partition coefficient (Wildman–Crippen LogP) is 3.03. The number of hydrogen-bond donors (Lipinski definition) is 2. The third-order valence-electron chi connectivity index (χ3n) is 4.20. The maximum atomic E-state index is 12.5. The summed E-state index contributed by atoms with van der Waals surface area (Å²) in [6, 6.07) is 3.56. The fourth-order valence-corrected chi connectivity index (χ4v) is 3.49. The van der Waals surface area contributed by atoms with E-state index in [2.05, 4.69) is 10.0 Å². The van der Waals surface area contributed by atoms with Crippen molar-refractivity contribution in [3.8, 4) is 0 Å². The molecular formula is C16H22F3N3O3S. The van der Waals surface area contributed by atoms with Crippen LogP contribution in [0, 0.1) is 0 Å². The highest BCUT2D eigenvalue weighted by atomic mass is 32.2. The topological polar surface area (TPSA) is 78.5 Å². The van der Waals surface area contributed by atoms with Crippen molar-refractivity contribution < 1.29 is 26.4 Å². The first-order chi connectivity index (χ1) is 12.0. The van der Waals surface area contributed by atoms with Crippen LogP contribution in [0.2, 0.25) is 0 Å². The van der Waals surface area contributed by atoms with Crippen molar-refractivity contribution in [2.75, 3.05) is 18.4 Å². The van der Waals surface area contributed by atoms with E-state index in [1.165, 1.54) is 17.0 Å². The van der Waals surface area contributed by atoms with Gasteiger partial charge in [0.1, 0.15) is 0 Å². The lowest BCUT2D eigenvalue weighted by Crippen LogP contribution is -2.48. The van der Waals surface area contributed by atoms with Crippen LogP contribution in [-0.2, 0) is 16.2 Å². The first kappa shape index (κ1) is 20.5. The molecule has 0 aromatic heterocycles. The number of benzene rings is 1. The number of sulfonamides is 1. The summed E-state index contributed by atoms with van der Waals surface area (Å²) in [6.45, 7) is 3.90. The lowest BCUT2D eigenvalue weighted by molar-refractivity contribution is -0.137. The van der Waals surface area contributed by atoms with Gasteiger partial charge in [0.25, 0.3) is 0 Å². The van der Waals surface area contributed by atoms with E-state index in [1.807, 2.05) is 0 Å². The maximum absolute atomic E-state index is 12.5. The van der Waals surface area contributed by atoms with Gasteiger partial charge in [-0.15, -0.1) is 0 Å². The van der Waals surface area contributed by atoms with Gasteiger partial charge in [-0.1, -0.05) is 0 Å². The van der Waals surface area contributed by atoms with Crippen LogP contribution in [0.5, 0.6) is 0 Å². The van der Waals surface area contributed by atoms with E-state index < -0.39 is 33.0 Å². The minimum atomic E-state index is -4.42. The average molecular weight is 393 g/mol. The van der Waals surface area contributed by atoms with Crippen molar-refractivity contribution >= 4 is 21.7 Å². The van der Waals surface area contributed by atoms with Crippen molar-refractivity contribution in [2.24, 2.45) is 0 Å². The van der Waals surface area contributed by atoms with Crippen LogP contribution < -0.4 is 10.0 Å². The molecule has 2 N–H and O–H groups in total. The molecule has 6 nitrogen and oxygen atoms in total. The zero-order chi connectivity index (χ0) is 19.5. The Morgan fingerprint density at radius 3 is 2.15 bits per heavy atom. The van der Waals surface area contributed by atoms with Crippen molar-refractivity contribution in [1.82, 2.24) is 9.62 Å². The van der Waals surface area contributed by atoms with Crippen LogP contribution in [0.1, 0.15) is 32.3 Å². The number of halogens is 3. The second-order valence-electron chi connectivity index (χ2n) is 6.48. The summed E-state index contributed by atoms with van der Waals surface area (Å²) >= 11 is 0. The van der Waals surface area contributed by atoms with Crippen LogP contribution in [-0.4, -0.2) is 43.7 Å². The molecule has 2 rings (SSSR count). The third-order valence-corrected chi connectivity index (χ3v) is 6.10. The molecule has 1 aliphatic heterocycles. The number of urea groups is 1. The van der Waals surface area contributed by atoms with Crippen molar-refractivity contribution in [3.63, 3.8) is 0 Å². The molecule has 1 aromatic carbocycles. The molecule has 0 unspecified atom stereocenters. The Morgan fingerprint density at radius 2 is 1.69 bits per heavy atom. The van der Waals surface area contributed by atoms with Crippen molar-refractivity contribution in [2.45, 2.75) is 44.2 Å². The maximum Gasteiger partial charge on any atom is 0.416 e. The average Bonchev–Trinajstić information content (AvgIpc) is 2.54. The Labute approximate surface area is 150 Å². The smallest absolute Gasteiger partial charge is 0.324 e. The van der Waals surface area contributed by atoms with Gasteiger partial charge < -0.3 is 10.2 Å². The fourth-order valence-electron chi connectivity index (χ4n) is 2.51. The number of hydrogen-bond acceptors (Lipinski definition) is 3. The molecule has 1 saturated heterocycles. The number of rotatable bonds is 4. The van der Waals surface area contributed by atoms with Gasteiger partial charge in [0.15, 0.2) is 0 Å². The van der Waals surface area contributed by atoms with Gasteiger partial charge in [-0.2, -0.15) is 13.2 Å². The summed E-state index contributed by atoms with van der Waals surface area (Å²) in [5.41, 5.74) is -0.514. The lowest BCUT2D eigenvalue weighted by atomic mass is 10.1. The molecule has 0 bridgehead atoms. The molecule has 0 aliphatic carbocycles. The second kappa shape index (κ2) is 7.83. The van der Waals surface area contributed by atoms with Crippen molar-refractivity contribution in [1.29, 1.82) is 0 Å². The number of amides is 2. The van der Waals surface area contributed by atoms with E-state index in [0.29, 0.717) is 25.9 Å². The van der Waals surface area contributed by atoms with Gasteiger partial charge in [0.05, 0.1) is 10.8 Å². The minimum Gasteiger partial charge on any atom is -0.324 e. The van der Waals surface area contributed by atoms with Crippen LogP contribution in [0.25, 0.3) is 0 Å². The van der Waals surface area contributed by atoms with Gasteiger partial charge in [0.2, 0.25) is 10.0 Å². The zero-order valence-corrected chi connectivity index (χ0v) is 15.3. The Morgan fingerprint density at radius 1 is 1.15 bits per heavy atom. The van der Waals surface area contributed by atoms with Gasteiger partial charge in [-0.05, 0) is 51.0 Å². The molecular weight excluding hydrogens is 371 g/mol. The number of nitrogens with zero attached hydrogens (tertiary/aromatic N) is 1. The second-order valence-corrected chi connectivity index (χ2v) is 8.75. The normalized spacial score (nSPS) is 16.8. The Balaban J connectivity index is 1.87. The van der Waals surface area contributed by atoms with Crippen LogP contribution in [0.15, 0.2) is 24.3 Å². The molecule has 26 heavy (non-hydrogen) atoms. The number of anilines is 1. The number of carbonyl (C=O) groups is 1. The Kier molecular flexibility index (Phi) is 6.17. The molecule has 1 aromatic rings. The molecule has 146 valence electrons. The van der Waals surface area contributed by atoms with Crippen LogP contribution in [0.3, 0.4) is 0 Å². The van der Waals surface area contributed by atoms with E-state index >= 15 is 0 Å². The van der Waals surface area contributed by atoms with Gasteiger partial charge in [-0.25, -0.2) is 17.9 Å². The minimum absolute atomic E-state index is 0.225. The van der Waals surface area contributed by atoms with E-state index in [4.69, 9.17) is 0 Å². The Hall–Kier alpha value is -1.81. The third kappa shape index (κ3) is 5.34. The number of alkyl halides is 3. The summed E-state index contributed by atoms with van der Waals surface area (Å²) in [6.07, 6.45) is -3.47. The molecule has 0 saturated carbocycles. The number of nitrogens with one attached hydrogen (secondary N) is 2. The molecule has 10 heteroatoms. The molecule has 0 spiro atoms. The van der Waals surface area contributed by atoms with E-state index in [-0.39, 0.29) is 11.7 Å². The zero-order valence-electron chi connectivity index (χ0n) is 14.5. The molecule has 2 amide bonds. The number of carbonyl (C=O) groups excluding carboxylic acids is 1. The first-order valence-electron chi connectivity index (χ1n) is 8.23. The lowest BCUT2D eigenvalue weighted by Gasteiger charge is -2.32. The van der Waals surface area contributed by atoms with Crippen molar-refractivity contribution in [3.05, 3.63) is 29.8 Å². The first-order valence-corrected chi connectivity index (χ1v) is 9.78. The van der Waals surface area contributed by atoms with E-state index in [1.54, 1.807) is 13.8 Å². The van der Waals surface area contributed by atoms with Gasteiger partial charge in [0, 0.05) is 24.8 Å². The van der Waals surface area contributed by atoms with E-state index in [0.717, 1.165) is 12.1 Å². The summed E-state index contributed by atoms with van der Waals surface area (Å²) in [4.78, 5) is 13.7. The van der Waals surface area contributed by atoms with E-state index in [9.17, 15) is 26.4 Å². The summed E-state index contributed by atoms with van der Waals surface area (Å²) in [5, 5.41) is 2.03. The highest BCUT2D eigenvalue weighted by molar-refractivity contribution is 7.90. The van der Waals surface area contributed by atoms with Crippen LogP contribution >= 0.6 is 0 Å². The molecule has 0 atom stereocenters. The molecule has 0 radical (unpaired) electrons. The highest BCUT2D eigenvalue weighted by Gasteiger charge is 2.30. The fraction of sp³-hybridized carbons (Fsp3) is 0.562. The predicted molar refractivity (Wildman–Crippen MR) is 92.2 cm³/mol. The van der Waals surface area contributed by atoms with Gasteiger partial charge in [-0.3, -0.25) is 0 Å². The standard InChI is InChI=1S/C16H22F3N3O3S/c1-11(2)26(24,25)21-14-7-9-22(10-8-14)15(23)20-13-5-3-12(4-6-13)16(17,18)19/h3-6,11,14,21H,7-10H2,1-2H3,(H,20,23). The largest absolute Gasteiger partial charge is 0.416 e. The molecule has 1 heterocycles. The number of likely N-dealkylation sites (tertiary alicyclic amines) is 1. The SMILES string of the molecule is CC(C)S(=O)(=O)NC1CCN(C(=O)Nc2ccc(C(F)(F)F)cc2)CC1. The quantitative estimate of drug-likeness (QED) is 0.825. The highest BCUT2D eigenvalue weighted by Crippen LogP contribution is 2.29. The van der Waals surface area contributed by atoms with Gasteiger partial charge >= 0.3 is 12.2 Å². The Bertz CT molecular complexity index is 725. The molecule has 1 aliphatic rings. The summed E-state index contributed by atoms with van der Waals surface area (Å²) in [5.74, 6) is 0. The molecule has 1 fully saturated rings. The summed E-state index contributed by atoms with van der Waals surface area (Å²) in [7, 11) is -3.36. The summed E-state index contributed by atoms with van der Waals surface area (Å²) < 4.78 is 64.0. The monoisotopic (exact) mass is 393 g/mol. The number of piperidine rings is 1. The van der Waals surface area contributed by atoms with Crippen LogP contribution in [0.4, 0.5) is 23.7 Å².